The number of halogens is 1. The maximum Gasteiger partial charge on any atom is 0.494 e. The Kier molecular flexibility index (Phi) is 5.63. The molecule has 3 rings (SSSR count). The van der Waals surface area contributed by atoms with Crippen LogP contribution in [0.1, 0.15) is 36.7 Å². The zero-order valence-corrected chi connectivity index (χ0v) is 16.5. The molecule has 1 aliphatic heterocycles. The van der Waals surface area contributed by atoms with E-state index in [0.29, 0.717) is 12.1 Å². The number of hydrogen-bond donors (Lipinski definition) is 1. The quantitative estimate of drug-likeness (QED) is 0.631. The fourth-order valence-electron chi connectivity index (χ4n) is 2.87. The molecule has 1 fully saturated rings. The van der Waals surface area contributed by atoms with Gasteiger partial charge in [0.2, 0.25) is 0 Å². The van der Waals surface area contributed by atoms with E-state index in [0.717, 1.165) is 11.0 Å². The van der Waals surface area contributed by atoms with Crippen molar-refractivity contribution in [2.45, 2.75) is 38.6 Å². The Morgan fingerprint density at radius 3 is 2.44 bits per heavy atom. The van der Waals surface area contributed by atoms with Gasteiger partial charge in [-0.2, -0.15) is 0 Å². The number of carbonyl (C=O) groups excluding carboxylic acids is 1. The SMILES string of the molecule is CC1(C)OB(c2ccc(C(=O)OCc3ccccc3)c(Cl)c2)OC1(C)CN. The van der Waals surface area contributed by atoms with Gasteiger partial charge in [-0.05, 0) is 43.9 Å². The van der Waals surface area contributed by atoms with Crippen LogP contribution in [0.25, 0.3) is 0 Å². The lowest BCUT2D eigenvalue weighted by molar-refractivity contribution is -0.00187. The molecule has 7 heteroatoms. The lowest BCUT2D eigenvalue weighted by Gasteiger charge is -2.35. The highest BCUT2D eigenvalue weighted by Gasteiger charge is 2.53. The maximum atomic E-state index is 12.3. The Labute approximate surface area is 164 Å². The molecule has 0 aliphatic carbocycles. The number of nitrogens with two attached hydrogens (primary N) is 1. The van der Waals surface area contributed by atoms with E-state index in [2.05, 4.69) is 0 Å². The molecule has 0 bridgehead atoms. The number of carbonyl (C=O) groups is 1. The van der Waals surface area contributed by atoms with E-state index in [9.17, 15) is 4.79 Å². The number of ether oxygens (including phenoxy) is 1. The summed E-state index contributed by atoms with van der Waals surface area (Å²) in [6, 6.07) is 14.5. The molecule has 2 aromatic rings. The van der Waals surface area contributed by atoms with E-state index in [4.69, 9.17) is 31.4 Å². The van der Waals surface area contributed by atoms with Crippen molar-refractivity contribution in [2.75, 3.05) is 6.54 Å². The van der Waals surface area contributed by atoms with Gasteiger partial charge in [0.05, 0.1) is 21.8 Å². The predicted octanol–water partition coefficient (Wildman–Crippen LogP) is 2.94. The topological polar surface area (TPSA) is 70.8 Å². The Morgan fingerprint density at radius 1 is 1.15 bits per heavy atom. The van der Waals surface area contributed by atoms with Crippen LogP contribution in [0.5, 0.6) is 0 Å². The zero-order chi connectivity index (χ0) is 19.7. The van der Waals surface area contributed by atoms with Gasteiger partial charge in [0.1, 0.15) is 6.61 Å². The van der Waals surface area contributed by atoms with Gasteiger partial charge in [0, 0.05) is 6.54 Å². The fourth-order valence-corrected chi connectivity index (χ4v) is 3.13. The molecule has 0 aromatic heterocycles. The maximum absolute atomic E-state index is 12.3. The summed E-state index contributed by atoms with van der Waals surface area (Å²) in [5, 5.41) is 0.289. The molecule has 0 saturated carbocycles. The standard InChI is InChI=1S/C20H23BClNO4/c1-19(2)20(3,13-23)27-21(26-19)15-9-10-16(17(22)11-15)18(24)25-12-14-7-5-4-6-8-14/h4-11H,12-13,23H2,1-3H3. The lowest BCUT2D eigenvalue weighted by Crippen LogP contribution is -2.50. The molecule has 1 saturated heterocycles. The smallest absolute Gasteiger partial charge is 0.457 e. The molecule has 1 atom stereocenters. The molecule has 2 N–H and O–H groups in total. The highest BCUT2D eigenvalue weighted by molar-refractivity contribution is 6.62. The van der Waals surface area contributed by atoms with Crippen molar-refractivity contribution in [2.24, 2.45) is 5.73 Å². The van der Waals surface area contributed by atoms with Crippen molar-refractivity contribution >= 4 is 30.2 Å². The van der Waals surface area contributed by atoms with E-state index >= 15 is 0 Å². The summed E-state index contributed by atoms with van der Waals surface area (Å²) >= 11 is 6.32. The minimum Gasteiger partial charge on any atom is -0.457 e. The second-order valence-corrected chi connectivity index (χ2v) is 7.72. The van der Waals surface area contributed by atoms with Crippen molar-refractivity contribution in [3.05, 3.63) is 64.7 Å². The van der Waals surface area contributed by atoms with Crippen LogP contribution in [0, 0.1) is 0 Å². The van der Waals surface area contributed by atoms with Crippen molar-refractivity contribution in [1.29, 1.82) is 0 Å². The minimum atomic E-state index is -0.614. The third-order valence-corrected chi connectivity index (χ3v) is 5.44. The number of hydrogen-bond acceptors (Lipinski definition) is 5. The van der Waals surface area contributed by atoms with Gasteiger partial charge >= 0.3 is 13.1 Å². The molecule has 1 heterocycles. The average Bonchev–Trinajstić information content (AvgIpc) is 2.90. The normalized spacial score (nSPS) is 21.3. The third kappa shape index (κ3) is 4.04. The summed E-state index contributed by atoms with van der Waals surface area (Å²) in [7, 11) is -0.597. The first kappa shape index (κ1) is 19.9. The van der Waals surface area contributed by atoms with Crippen molar-refractivity contribution in [3.8, 4) is 0 Å². The molecule has 142 valence electrons. The number of esters is 1. The highest BCUT2D eigenvalue weighted by Crippen LogP contribution is 2.36. The van der Waals surface area contributed by atoms with E-state index in [1.807, 2.05) is 51.1 Å². The molecule has 0 amide bonds. The number of benzene rings is 2. The van der Waals surface area contributed by atoms with Crippen LogP contribution < -0.4 is 11.2 Å². The van der Waals surface area contributed by atoms with Crippen LogP contribution in [-0.2, 0) is 20.7 Å². The average molecular weight is 388 g/mol. The monoisotopic (exact) mass is 387 g/mol. The Morgan fingerprint density at radius 2 is 1.85 bits per heavy atom. The molecule has 5 nitrogen and oxygen atoms in total. The predicted molar refractivity (Wildman–Crippen MR) is 106 cm³/mol. The van der Waals surface area contributed by atoms with Crippen molar-refractivity contribution in [1.82, 2.24) is 0 Å². The zero-order valence-electron chi connectivity index (χ0n) is 15.7. The molecule has 0 radical (unpaired) electrons. The molecule has 1 unspecified atom stereocenters. The van der Waals surface area contributed by atoms with Crippen LogP contribution in [0.2, 0.25) is 5.02 Å². The largest absolute Gasteiger partial charge is 0.494 e. The van der Waals surface area contributed by atoms with Gasteiger partial charge < -0.3 is 19.8 Å². The summed E-state index contributed by atoms with van der Waals surface area (Å²) in [5.41, 5.74) is 6.64. The molecular weight excluding hydrogens is 364 g/mol. The first-order valence-corrected chi connectivity index (χ1v) is 9.20. The van der Waals surface area contributed by atoms with Gasteiger partial charge in [-0.1, -0.05) is 48.0 Å². The van der Waals surface area contributed by atoms with E-state index < -0.39 is 24.3 Å². The first-order chi connectivity index (χ1) is 12.8. The fraction of sp³-hybridized carbons (Fsp3) is 0.350. The lowest BCUT2D eigenvalue weighted by atomic mass is 9.79. The summed E-state index contributed by atoms with van der Waals surface area (Å²) in [5.74, 6) is -0.476. The van der Waals surface area contributed by atoms with Crippen LogP contribution in [-0.4, -0.2) is 30.8 Å². The van der Waals surface area contributed by atoms with Crippen molar-refractivity contribution < 1.29 is 18.8 Å². The molecular formula is C20H23BClNO4. The number of rotatable bonds is 5. The van der Waals surface area contributed by atoms with Gasteiger partial charge in [0.25, 0.3) is 0 Å². The molecule has 1 aliphatic rings. The first-order valence-electron chi connectivity index (χ1n) is 8.82. The minimum absolute atomic E-state index is 0.190. The van der Waals surface area contributed by atoms with Gasteiger partial charge in [0.15, 0.2) is 0 Å². The Hall–Kier alpha value is -1.86. The van der Waals surface area contributed by atoms with Crippen LogP contribution in [0.15, 0.2) is 48.5 Å². The molecule has 27 heavy (non-hydrogen) atoms. The Bertz CT molecular complexity index is 830. The van der Waals surface area contributed by atoms with Gasteiger partial charge in [-0.3, -0.25) is 0 Å². The van der Waals surface area contributed by atoms with Gasteiger partial charge in [-0.25, -0.2) is 4.79 Å². The summed E-state index contributed by atoms with van der Waals surface area (Å²) < 4.78 is 17.4. The van der Waals surface area contributed by atoms with Crippen LogP contribution >= 0.6 is 11.6 Å². The van der Waals surface area contributed by atoms with E-state index in [1.54, 1.807) is 18.2 Å². The second kappa shape index (κ2) is 7.64. The third-order valence-electron chi connectivity index (χ3n) is 5.13. The van der Waals surface area contributed by atoms with E-state index in [1.165, 1.54) is 0 Å². The van der Waals surface area contributed by atoms with Crippen LogP contribution in [0.3, 0.4) is 0 Å². The van der Waals surface area contributed by atoms with E-state index in [-0.39, 0.29) is 11.6 Å². The highest BCUT2D eigenvalue weighted by atomic mass is 35.5. The summed E-state index contributed by atoms with van der Waals surface area (Å²) in [4.78, 5) is 12.3. The van der Waals surface area contributed by atoms with Gasteiger partial charge in [-0.15, -0.1) is 0 Å². The molecule has 2 aromatic carbocycles. The van der Waals surface area contributed by atoms with Crippen LogP contribution in [0.4, 0.5) is 0 Å². The summed E-state index contributed by atoms with van der Waals surface area (Å²) in [6.07, 6.45) is 0. The summed E-state index contributed by atoms with van der Waals surface area (Å²) in [6.45, 7) is 6.32. The molecule has 0 spiro atoms. The van der Waals surface area contributed by atoms with Crippen molar-refractivity contribution in [3.63, 3.8) is 0 Å². The second-order valence-electron chi connectivity index (χ2n) is 7.31. The Balaban J connectivity index is 1.72.